The minimum atomic E-state index is -0.718. The van der Waals surface area contributed by atoms with E-state index in [0.717, 1.165) is 5.56 Å². The molecule has 2 aromatic rings. The van der Waals surface area contributed by atoms with Crippen molar-refractivity contribution in [3.8, 4) is 5.75 Å². The molecule has 0 aromatic heterocycles. The summed E-state index contributed by atoms with van der Waals surface area (Å²) in [6.07, 6.45) is -0.0286. The molecule has 0 aliphatic carbocycles. The molecule has 0 fully saturated rings. The second-order valence-corrected chi connectivity index (χ2v) is 5.76. The number of halogens is 1. The predicted octanol–water partition coefficient (Wildman–Crippen LogP) is 3.38. The van der Waals surface area contributed by atoms with Gasteiger partial charge in [-0.15, -0.1) is 0 Å². The van der Waals surface area contributed by atoms with Crippen LogP contribution in [-0.2, 0) is 9.59 Å². The number of carbonyl (C=O) groups is 2. The van der Waals surface area contributed by atoms with Gasteiger partial charge >= 0.3 is 5.97 Å². The van der Waals surface area contributed by atoms with Gasteiger partial charge in [-0.3, -0.25) is 4.79 Å². The first kappa shape index (κ1) is 15.4. The van der Waals surface area contributed by atoms with Crippen LogP contribution < -0.4 is 15.4 Å². The Kier molecular flexibility index (Phi) is 4.21. The number of benzene rings is 2. The zero-order valence-electron chi connectivity index (χ0n) is 12.4. The van der Waals surface area contributed by atoms with Crippen LogP contribution in [0.5, 0.6) is 5.75 Å². The number of ether oxygens (including phenoxy) is 1. The van der Waals surface area contributed by atoms with Crippen molar-refractivity contribution in [3.63, 3.8) is 0 Å². The Morgan fingerprint density at radius 1 is 1.30 bits per heavy atom. The van der Waals surface area contributed by atoms with Crippen LogP contribution in [0.3, 0.4) is 0 Å². The third-order valence-corrected chi connectivity index (χ3v) is 3.81. The van der Waals surface area contributed by atoms with Gasteiger partial charge in [0.15, 0.2) is 5.75 Å². The number of amides is 1. The van der Waals surface area contributed by atoms with E-state index in [-0.39, 0.29) is 12.3 Å². The number of para-hydroxylation sites is 2. The summed E-state index contributed by atoms with van der Waals surface area (Å²) in [5, 5.41) is 6.34. The maximum Gasteiger partial charge on any atom is 0.334 e. The molecule has 2 aromatic carbocycles. The Morgan fingerprint density at radius 3 is 2.91 bits per heavy atom. The van der Waals surface area contributed by atoms with Crippen molar-refractivity contribution in [2.24, 2.45) is 0 Å². The van der Waals surface area contributed by atoms with Crippen molar-refractivity contribution in [1.82, 2.24) is 0 Å². The Bertz CT molecular complexity index is 776. The fourth-order valence-corrected chi connectivity index (χ4v) is 2.52. The summed E-state index contributed by atoms with van der Waals surface area (Å²) in [7, 11) is 0. The van der Waals surface area contributed by atoms with Crippen molar-refractivity contribution in [2.75, 3.05) is 10.6 Å². The van der Waals surface area contributed by atoms with E-state index in [1.807, 2.05) is 19.1 Å². The highest BCUT2D eigenvalue weighted by Crippen LogP contribution is 2.29. The van der Waals surface area contributed by atoms with Gasteiger partial charge in [-0.05, 0) is 36.8 Å². The Labute approximate surface area is 138 Å². The van der Waals surface area contributed by atoms with Crippen molar-refractivity contribution >= 4 is 34.9 Å². The van der Waals surface area contributed by atoms with E-state index in [9.17, 15) is 9.59 Å². The summed E-state index contributed by atoms with van der Waals surface area (Å²) < 4.78 is 5.24. The smallest absolute Gasteiger partial charge is 0.334 e. The summed E-state index contributed by atoms with van der Waals surface area (Å²) >= 11 is 5.93. The standard InChI is InChI=1S/C17H15ClN2O3/c1-10-6-7-11(18)8-13(10)20-16(21)9-14-17(22)23-15-5-3-2-4-12(15)19-14/h2-8,14,19H,9H2,1H3,(H,20,21)/t14-/m1/s1. The molecule has 0 unspecified atom stereocenters. The monoisotopic (exact) mass is 330 g/mol. The van der Waals surface area contributed by atoms with Crippen molar-refractivity contribution in [2.45, 2.75) is 19.4 Å². The van der Waals surface area contributed by atoms with E-state index in [1.165, 1.54) is 0 Å². The van der Waals surface area contributed by atoms with Gasteiger partial charge in [0.1, 0.15) is 6.04 Å². The van der Waals surface area contributed by atoms with Crippen LogP contribution in [0.15, 0.2) is 42.5 Å². The summed E-state index contributed by atoms with van der Waals surface area (Å²) in [5.74, 6) is -0.286. The van der Waals surface area contributed by atoms with Crippen LogP contribution in [0.25, 0.3) is 0 Å². The number of rotatable bonds is 3. The van der Waals surface area contributed by atoms with Crippen molar-refractivity contribution < 1.29 is 14.3 Å². The molecule has 1 heterocycles. The first-order valence-electron chi connectivity index (χ1n) is 7.16. The molecule has 1 amide bonds. The number of anilines is 2. The lowest BCUT2D eigenvalue weighted by Crippen LogP contribution is -2.39. The quantitative estimate of drug-likeness (QED) is 0.669. The molecule has 0 spiro atoms. The number of carbonyl (C=O) groups excluding carboxylic acids is 2. The highest BCUT2D eigenvalue weighted by molar-refractivity contribution is 6.31. The first-order chi connectivity index (χ1) is 11.0. The summed E-state index contributed by atoms with van der Waals surface area (Å²) in [5.41, 5.74) is 2.23. The van der Waals surface area contributed by atoms with E-state index in [4.69, 9.17) is 16.3 Å². The molecular weight excluding hydrogens is 316 g/mol. The van der Waals surface area contributed by atoms with E-state index in [1.54, 1.807) is 30.3 Å². The lowest BCUT2D eigenvalue weighted by Gasteiger charge is -2.25. The number of hydrogen-bond acceptors (Lipinski definition) is 4. The Morgan fingerprint density at radius 2 is 2.09 bits per heavy atom. The number of hydrogen-bond donors (Lipinski definition) is 2. The van der Waals surface area contributed by atoms with Gasteiger partial charge in [0.25, 0.3) is 0 Å². The Hall–Kier alpha value is -2.53. The number of fused-ring (bicyclic) bond motifs is 1. The molecule has 118 valence electrons. The second-order valence-electron chi connectivity index (χ2n) is 5.33. The zero-order chi connectivity index (χ0) is 16.4. The van der Waals surface area contributed by atoms with Crippen molar-refractivity contribution in [1.29, 1.82) is 0 Å². The van der Waals surface area contributed by atoms with Gasteiger partial charge < -0.3 is 15.4 Å². The van der Waals surface area contributed by atoms with E-state index >= 15 is 0 Å². The van der Waals surface area contributed by atoms with E-state index in [2.05, 4.69) is 10.6 Å². The zero-order valence-corrected chi connectivity index (χ0v) is 13.2. The number of aryl methyl sites for hydroxylation is 1. The highest BCUT2D eigenvalue weighted by Gasteiger charge is 2.29. The van der Waals surface area contributed by atoms with Gasteiger partial charge in [-0.2, -0.15) is 0 Å². The Balaban J connectivity index is 1.69. The number of nitrogens with one attached hydrogen (secondary N) is 2. The van der Waals surface area contributed by atoms with Crippen LogP contribution in [0.4, 0.5) is 11.4 Å². The third kappa shape index (κ3) is 3.46. The van der Waals surface area contributed by atoms with Crippen LogP contribution in [0, 0.1) is 6.92 Å². The maximum absolute atomic E-state index is 12.2. The van der Waals surface area contributed by atoms with Crippen LogP contribution in [0.2, 0.25) is 5.02 Å². The SMILES string of the molecule is Cc1ccc(Cl)cc1NC(=O)C[C@H]1Nc2ccccc2OC1=O. The lowest BCUT2D eigenvalue weighted by atomic mass is 10.1. The normalized spacial score (nSPS) is 16.1. The second kappa shape index (κ2) is 6.30. The lowest BCUT2D eigenvalue weighted by molar-refractivity contribution is -0.137. The fraction of sp³-hybridized carbons (Fsp3) is 0.176. The molecule has 23 heavy (non-hydrogen) atoms. The average molecular weight is 331 g/mol. The molecule has 0 saturated carbocycles. The number of esters is 1. The minimum Gasteiger partial charge on any atom is -0.423 e. The van der Waals surface area contributed by atoms with E-state index < -0.39 is 12.0 Å². The summed E-state index contributed by atoms with van der Waals surface area (Å²) in [4.78, 5) is 24.2. The van der Waals surface area contributed by atoms with Crippen LogP contribution in [-0.4, -0.2) is 17.9 Å². The van der Waals surface area contributed by atoms with Crippen LogP contribution >= 0.6 is 11.6 Å². The molecule has 0 radical (unpaired) electrons. The molecule has 1 atom stereocenters. The molecule has 1 aliphatic rings. The summed E-state index contributed by atoms with van der Waals surface area (Å²) in [6.45, 7) is 1.87. The molecule has 2 N–H and O–H groups in total. The molecule has 0 bridgehead atoms. The van der Waals surface area contributed by atoms with Gasteiger partial charge in [0, 0.05) is 10.7 Å². The third-order valence-electron chi connectivity index (χ3n) is 3.58. The molecule has 5 nitrogen and oxygen atoms in total. The highest BCUT2D eigenvalue weighted by atomic mass is 35.5. The summed E-state index contributed by atoms with van der Waals surface area (Å²) in [6, 6.07) is 11.6. The van der Waals surface area contributed by atoms with Gasteiger partial charge in [0.2, 0.25) is 5.91 Å². The molecule has 6 heteroatoms. The fourth-order valence-electron chi connectivity index (χ4n) is 2.35. The largest absolute Gasteiger partial charge is 0.423 e. The van der Waals surface area contributed by atoms with Crippen molar-refractivity contribution in [3.05, 3.63) is 53.1 Å². The molecule has 1 aliphatic heterocycles. The first-order valence-corrected chi connectivity index (χ1v) is 7.54. The van der Waals surface area contributed by atoms with Gasteiger partial charge in [-0.1, -0.05) is 29.8 Å². The molecule has 3 rings (SSSR count). The average Bonchev–Trinajstić information content (AvgIpc) is 2.51. The van der Waals surface area contributed by atoms with E-state index in [0.29, 0.717) is 22.1 Å². The molecular formula is C17H15ClN2O3. The maximum atomic E-state index is 12.2. The van der Waals surface area contributed by atoms with Gasteiger partial charge in [0.05, 0.1) is 12.1 Å². The van der Waals surface area contributed by atoms with Gasteiger partial charge in [-0.25, -0.2) is 4.79 Å². The molecule has 0 saturated heterocycles. The van der Waals surface area contributed by atoms with Crippen LogP contribution in [0.1, 0.15) is 12.0 Å². The topological polar surface area (TPSA) is 67.4 Å². The minimum absolute atomic E-state index is 0.0286. The predicted molar refractivity (Wildman–Crippen MR) is 88.9 cm³/mol.